The second-order valence-electron chi connectivity index (χ2n) is 6.35. The van der Waals surface area contributed by atoms with Gasteiger partial charge in [0.25, 0.3) is 0 Å². The van der Waals surface area contributed by atoms with Gasteiger partial charge >= 0.3 is 0 Å². The standard InChI is InChI=1S/C15H21NO/c1-8-3-6-12(17-8)9(2)16-15-13-10-4-5-11(7-10)14(13)15/h3,6,9-11,13-16H,4-5,7H2,1-2H3. The second-order valence-corrected chi connectivity index (χ2v) is 6.35. The molecule has 0 aromatic carbocycles. The summed E-state index contributed by atoms with van der Waals surface area (Å²) in [4.78, 5) is 0. The third-order valence-electron chi connectivity index (χ3n) is 5.37. The molecule has 3 saturated carbocycles. The molecule has 2 nitrogen and oxygen atoms in total. The van der Waals surface area contributed by atoms with Crippen molar-refractivity contribution < 1.29 is 4.42 Å². The summed E-state index contributed by atoms with van der Waals surface area (Å²) >= 11 is 0. The van der Waals surface area contributed by atoms with Gasteiger partial charge in [0.05, 0.1) is 6.04 Å². The number of hydrogen-bond acceptors (Lipinski definition) is 2. The van der Waals surface area contributed by atoms with Crippen LogP contribution in [0.15, 0.2) is 16.5 Å². The van der Waals surface area contributed by atoms with Crippen molar-refractivity contribution in [2.24, 2.45) is 23.7 Å². The number of fused-ring (bicyclic) bond motifs is 5. The third kappa shape index (κ3) is 1.43. The Balaban J connectivity index is 1.43. The van der Waals surface area contributed by atoms with Crippen molar-refractivity contribution in [2.75, 3.05) is 0 Å². The van der Waals surface area contributed by atoms with Gasteiger partial charge in [-0.2, -0.15) is 0 Å². The van der Waals surface area contributed by atoms with Crippen LogP contribution in [0.2, 0.25) is 0 Å². The zero-order chi connectivity index (χ0) is 11.6. The Labute approximate surface area is 103 Å². The molecule has 0 saturated heterocycles. The summed E-state index contributed by atoms with van der Waals surface area (Å²) in [6, 6.07) is 5.34. The highest BCUT2D eigenvalue weighted by Crippen LogP contribution is 2.65. The molecule has 0 radical (unpaired) electrons. The molecule has 1 N–H and O–H groups in total. The Morgan fingerprint density at radius 1 is 1.24 bits per heavy atom. The summed E-state index contributed by atoms with van der Waals surface area (Å²) in [6.07, 6.45) is 4.53. The number of hydrogen-bond donors (Lipinski definition) is 1. The lowest BCUT2D eigenvalue weighted by Crippen LogP contribution is -2.25. The molecule has 2 heteroatoms. The quantitative estimate of drug-likeness (QED) is 0.863. The minimum Gasteiger partial charge on any atom is -0.465 e. The second kappa shape index (κ2) is 3.38. The predicted octanol–water partition coefficient (Wildman–Crippen LogP) is 3.28. The van der Waals surface area contributed by atoms with Gasteiger partial charge in [0, 0.05) is 6.04 Å². The first-order chi connectivity index (χ1) is 8.24. The molecule has 0 aliphatic heterocycles. The van der Waals surface area contributed by atoms with Gasteiger partial charge in [0.2, 0.25) is 0 Å². The van der Waals surface area contributed by atoms with Crippen molar-refractivity contribution in [3.63, 3.8) is 0 Å². The van der Waals surface area contributed by atoms with Crippen LogP contribution in [0, 0.1) is 30.6 Å². The Morgan fingerprint density at radius 2 is 1.94 bits per heavy atom. The fourth-order valence-electron chi connectivity index (χ4n) is 4.61. The van der Waals surface area contributed by atoms with E-state index in [2.05, 4.69) is 24.4 Å². The van der Waals surface area contributed by atoms with Crippen molar-refractivity contribution in [3.8, 4) is 0 Å². The van der Waals surface area contributed by atoms with Gasteiger partial charge in [0.15, 0.2) is 0 Å². The van der Waals surface area contributed by atoms with Crippen LogP contribution >= 0.6 is 0 Å². The molecule has 1 heterocycles. The van der Waals surface area contributed by atoms with Crippen LogP contribution in [0.5, 0.6) is 0 Å². The average Bonchev–Trinajstić information content (AvgIpc) is 2.77. The van der Waals surface area contributed by atoms with Gasteiger partial charge in [-0.3, -0.25) is 0 Å². The van der Waals surface area contributed by atoms with E-state index in [9.17, 15) is 0 Å². The monoisotopic (exact) mass is 231 g/mol. The number of nitrogens with one attached hydrogen (secondary N) is 1. The Kier molecular flexibility index (Phi) is 2.03. The molecule has 3 fully saturated rings. The molecule has 17 heavy (non-hydrogen) atoms. The van der Waals surface area contributed by atoms with E-state index >= 15 is 0 Å². The first-order valence-corrected chi connectivity index (χ1v) is 7.06. The van der Waals surface area contributed by atoms with Gasteiger partial charge in [-0.15, -0.1) is 0 Å². The first-order valence-electron chi connectivity index (χ1n) is 7.06. The molecule has 3 aliphatic rings. The van der Waals surface area contributed by atoms with Crippen molar-refractivity contribution in [1.82, 2.24) is 5.32 Å². The van der Waals surface area contributed by atoms with Crippen molar-refractivity contribution in [2.45, 2.75) is 45.2 Å². The average molecular weight is 231 g/mol. The fourth-order valence-corrected chi connectivity index (χ4v) is 4.61. The first kappa shape index (κ1) is 10.2. The summed E-state index contributed by atoms with van der Waals surface area (Å²) in [5, 5.41) is 3.79. The number of aryl methyl sites for hydroxylation is 1. The Morgan fingerprint density at radius 3 is 2.53 bits per heavy atom. The van der Waals surface area contributed by atoms with E-state index < -0.39 is 0 Å². The van der Waals surface area contributed by atoms with E-state index in [4.69, 9.17) is 4.42 Å². The molecule has 92 valence electrons. The molecule has 4 rings (SSSR count). The highest BCUT2D eigenvalue weighted by molar-refractivity contribution is 5.18. The van der Waals surface area contributed by atoms with E-state index in [-0.39, 0.29) is 0 Å². The van der Waals surface area contributed by atoms with Crippen molar-refractivity contribution in [1.29, 1.82) is 0 Å². The van der Waals surface area contributed by atoms with Crippen LogP contribution in [-0.4, -0.2) is 6.04 Å². The van der Waals surface area contributed by atoms with E-state index in [1.165, 1.54) is 19.3 Å². The van der Waals surface area contributed by atoms with E-state index in [1.807, 2.05) is 6.92 Å². The highest BCUT2D eigenvalue weighted by atomic mass is 16.3. The predicted molar refractivity (Wildman–Crippen MR) is 66.6 cm³/mol. The molecule has 3 aliphatic carbocycles. The number of rotatable bonds is 3. The number of furan rings is 1. The van der Waals surface area contributed by atoms with Crippen LogP contribution < -0.4 is 5.32 Å². The summed E-state index contributed by atoms with van der Waals surface area (Å²) in [5.41, 5.74) is 0. The van der Waals surface area contributed by atoms with Crippen molar-refractivity contribution in [3.05, 3.63) is 23.7 Å². The van der Waals surface area contributed by atoms with Gasteiger partial charge < -0.3 is 9.73 Å². The maximum absolute atomic E-state index is 5.70. The molecule has 1 aromatic heterocycles. The summed E-state index contributed by atoms with van der Waals surface area (Å²) in [7, 11) is 0. The van der Waals surface area contributed by atoms with Gasteiger partial charge in [-0.1, -0.05) is 0 Å². The zero-order valence-corrected chi connectivity index (χ0v) is 10.6. The SMILES string of the molecule is Cc1ccc(C(C)NC2C3C4CCC(C4)C23)o1. The minimum atomic E-state index is 0.374. The lowest BCUT2D eigenvalue weighted by molar-refractivity contribution is 0.380. The molecular formula is C15H21NO. The van der Waals surface area contributed by atoms with Gasteiger partial charge in [-0.05, 0) is 68.9 Å². The van der Waals surface area contributed by atoms with E-state index in [0.717, 1.165) is 41.2 Å². The van der Waals surface area contributed by atoms with Crippen LogP contribution in [0.25, 0.3) is 0 Å². The van der Waals surface area contributed by atoms with Crippen molar-refractivity contribution >= 4 is 0 Å². The smallest absolute Gasteiger partial charge is 0.120 e. The summed E-state index contributed by atoms with van der Waals surface area (Å²) in [6.45, 7) is 4.25. The topological polar surface area (TPSA) is 25.2 Å². The van der Waals surface area contributed by atoms with Crippen LogP contribution in [0.3, 0.4) is 0 Å². The largest absolute Gasteiger partial charge is 0.465 e. The summed E-state index contributed by atoms with van der Waals surface area (Å²) < 4.78 is 5.70. The Hall–Kier alpha value is -0.760. The lowest BCUT2D eigenvalue weighted by Gasteiger charge is -2.15. The van der Waals surface area contributed by atoms with E-state index in [1.54, 1.807) is 0 Å². The minimum absolute atomic E-state index is 0.374. The van der Waals surface area contributed by atoms with Gasteiger partial charge in [-0.25, -0.2) is 0 Å². The van der Waals surface area contributed by atoms with Crippen LogP contribution in [0.4, 0.5) is 0 Å². The zero-order valence-electron chi connectivity index (χ0n) is 10.6. The molecule has 2 bridgehead atoms. The summed E-state index contributed by atoms with van der Waals surface area (Å²) in [5.74, 6) is 6.23. The fraction of sp³-hybridized carbons (Fsp3) is 0.733. The molecule has 5 unspecified atom stereocenters. The molecule has 0 amide bonds. The molecule has 1 aromatic rings. The normalized spacial score (nSPS) is 43.8. The molecular weight excluding hydrogens is 210 g/mol. The maximum Gasteiger partial charge on any atom is 0.120 e. The third-order valence-corrected chi connectivity index (χ3v) is 5.37. The van der Waals surface area contributed by atoms with Crippen LogP contribution in [0.1, 0.15) is 43.7 Å². The lowest BCUT2D eigenvalue weighted by atomic mass is 10.0. The highest BCUT2D eigenvalue weighted by Gasteiger charge is 2.64. The Bertz CT molecular complexity index is 422. The maximum atomic E-state index is 5.70. The molecule has 0 spiro atoms. The van der Waals surface area contributed by atoms with Gasteiger partial charge in [0.1, 0.15) is 11.5 Å². The van der Waals surface area contributed by atoms with Crippen LogP contribution in [-0.2, 0) is 0 Å². The van der Waals surface area contributed by atoms with E-state index in [0.29, 0.717) is 6.04 Å². The molecule has 5 atom stereocenters.